The van der Waals surface area contributed by atoms with Gasteiger partial charge in [-0.05, 0) is 24.3 Å². The van der Waals surface area contributed by atoms with Crippen molar-refractivity contribution in [1.82, 2.24) is 5.43 Å². The number of ether oxygens (including phenoxy) is 1. The van der Waals surface area contributed by atoms with Crippen LogP contribution < -0.4 is 10.2 Å². The summed E-state index contributed by atoms with van der Waals surface area (Å²) in [5.41, 5.74) is 3.85. The minimum Gasteiger partial charge on any atom is -0.497 e. The number of carbonyl (C=O) groups is 1. The fraction of sp³-hybridized carbons (Fsp3) is 0.0625. The molecule has 0 aromatic heterocycles. The molecule has 0 aliphatic heterocycles. The van der Waals surface area contributed by atoms with Gasteiger partial charge in [0.25, 0.3) is 5.91 Å². The third-order valence-electron chi connectivity index (χ3n) is 2.86. The van der Waals surface area contributed by atoms with Gasteiger partial charge in [-0.3, -0.25) is 4.79 Å². The van der Waals surface area contributed by atoms with E-state index in [-0.39, 0.29) is 5.91 Å². The minimum atomic E-state index is -0.354. The molecule has 2 aromatic rings. The number of nitrogens with one attached hydrogen (secondary N) is 1. The lowest BCUT2D eigenvalue weighted by molar-refractivity contribution is 0.0955. The van der Waals surface area contributed by atoms with Crippen LogP contribution >= 0.6 is 0 Å². The van der Waals surface area contributed by atoms with Crippen LogP contribution in [0, 0.1) is 0 Å². The zero-order valence-electron chi connectivity index (χ0n) is 11.9. The predicted octanol–water partition coefficient (Wildman–Crippen LogP) is 2.29. The van der Waals surface area contributed by atoms with E-state index in [1.165, 1.54) is 0 Å². The third kappa shape index (κ3) is 3.92. The molecule has 0 fully saturated rings. The molecule has 0 radical (unpaired) electrons. The Morgan fingerprint density at radius 1 is 1.14 bits per heavy atom. The molecule has 2 N–H and O–H groups in total. The molecule has 112 valence electrons. The Morgan fingerprint density at radius 3 is 2.55 bits per heavy atom. The number of rotatable bonds is 5. The van der Waals surface area contributed by atoms with Crippen molar-refractivity contribution in [2.45, 2.75) is 0 Å². The summed E-state index contributed by atoms with van der Waals surface area (Å²) in [6, 6.07) is 15.7. The van der Waals surface area contributed by atoms with Crippen molar-refractivity contribution in [3.63, 3.8) is 0 Å². The summed E-state index contributed by atoms with van der Waals surface area (Å²) < 4.78 is 5.13. The smallest absolute Gasteiger partial charge is 0.271 e. The van der Waals surface area contributed by atoms with Crippen LogP contribution in [0.15, 0.2) is 64.9 Å². The number of nitrogens with zero attached hydrogens (tertiary/aromatic N) is 2. The fourth-order valence-corrected chi connectivity index (χ4v) is 1.77. The van der Waals surface area contributed by atoms with Gasteiger partial charge in [-0.1, -0.05) is 35.5 Å². The molecule has 2 aromatic carbocycles. The van der Waals surface area contributed by atoms with Crippen LogP contribution in [0.3, 0.4) is 0 Å². The Kier molecular flexibility index (Phi) is 5.25. The van der Waals surface area contributed by atoms with E-state index in [9.17, 15) is 4.79 Å². The van der Waals surface area contributed by atoms with E-state index in [1.807, 2.05) is 6.07 Å². The molecule has 0 unspecified atom stereocenters. The van der Waals surface area contributed by atoms with E-state index in [0.29, 0.717) is 22.6 Å². The molecule has 0 aliphatic rings. The Balaban J connectivity index is 2.22. The lowest BCUT2D eigenvalue weighted by Gasteiger charge is -2.05. The number of benzene rings is 2. The van der Waals surface area contributed by atoms with Crippen LogP contribution in [0.1, 0.15) is 15.9 Å². The summed E-state index contributed by atoms with van der Waals surface area (Å²) in [5, 5.41) is 15.7. The second-order valence-electron chi connectivity index (χ2n) is 4.28. The molecular weight excluding hydrogens is 282 g/mol. The van der Waals surface area contributed by atoms with Gasteiger partial charge in [0, 0.05) is 11.1 Å². The first-order chi connectivity index (χ1) is 10.7. The van der Waals surface area contributed by atoms with Gasteiger partial charge >= 0.3 is 0 Å². The average Bonchev–Trinajstić information content (AvgIpc) is 2.59. The van der Waals surface area contributed by atoms with Crippen molar-refractivity contribution in [1.29, 1.82) is 0 Å². The highest BCUT2D eigenvalue weighted by atomic mass is 16.5. The van der Waals surface area contributed by atoms with Gasteiger partial charge in [0.2, 0.25) is 0 Å². The van der Waals surface area contributed by atoms with E-state index < -0.39 is 0 Å². The van der Waals surface area contributed by atoms with Crippen LogP contribution in [0.25, 0.3) is 0 Å². The van der Waals surface area contributed by atoms with E-state index in [4.69, 9.17) is 9.94 Å². The average molecular weight is 297 g/mol. The largest absolute Gasteiger partial charge is 0.497 e. The van der Waals surface area contributed by atoms with Gasteiger partial charge in [-0.15, -0.1) is 0 Å². The van der Waals surface area contributed by atoms with Crippen LogP contribution in [0.5, 0.6) is 5.75 Å². The normalized spacial score (nSPS) is 11.4. The van der Waals surface area contributed by atoms with Crippen molar-refractivity contribution in [3.8, 4) is 5.75 Å². The van der Waals surface area contributed by atoms with Gasteiger partial charge in [-0.2, -0.15) is 5.10 Å². The van der Waals surface area contributed by atoms with Crippen LogP contribution in [-0.4, -0.2) is 30.2 Å². The molecule has 2 rings (SSSR count). The first kappa shape index (κ1) is 15.2. The fourth-order valence-electron chi connectivity index (χ4n) is 1.77. The lowest BCUT2D eigenvalue weighted by Crippen LogP contribution is -2.20. The second-order valence-corrected chi connectivity index (χ2v) is 4.28. The molecule has 0 bridgehead atoms. The lowest BCUT2D eigenvalue weighted by atomic mass is 10.1. The zero-order chi connectivity index (χ0) is 15.8. The number of oxime groups is 1. The maximum atomic E-state index is 12.0. The Hall–Kier alpha value is -3.15. The molecule has 6 nitrogen and oxygen atoms in total. The van der Waals surface area contributed by atoms with Crippen LogP contribution in [0.2, 0.25) is 0 Å². The number of carbonyl (C=O) groups excluding carboxylic acids is 1. The maximum absolute atomic E-state index is 12.0. The van der Waals surface area contributed by atoms with Crippen molar-refractivity contribution < 1.29 is 14.7 Å². The molecule has 22 heavy (non-hydrogen) atoms. The third-order valence-corrected chi connectivity index (χ3v) is 2.86. The Morgan fingerprint density at radius 2 is 1.86 bits per heavy atom. The summed E-state index contributed by atoms with van der Waals surface area (Å²) >= 11 is 0. The number of amides is 1. The summed E-state index contributed by atoms with van der Waals surface area (Å²) in [7, 11) is 1.55. The first-order valence-corrected chi connectivity index (χ1v) is 6.49. The van der Waals surface area contributed by atoms with Crippen molar-refractivity contribution >= 4 is 17.8 Å². The van der Waals surface area contributed by atoms with E-state index in [2.05, 4.69) is 15.7 Å². The van der Waals surface area contributed by atoms with E-state index in [0.717, 1.165) is 6.21 Å². The van der Waals surface area contributed by atoms with Crippen molar-refractivity contribution in [3.05, 3.63) is 65.7 Å². The molecule has 0 atom stereocenters. The standard InChI is InChI=1S/C16H15N3O3/c1-22-14-9-5-8-13(10-14)15(11-17-21)18-19-16(20)12-6-3-2-4-7-12/h2-11,21H,1H3,(H,19,20). The van der Waals surface area contributed by atoms with Crippen molar-refractivity contribution in [2.24, 2.45) is 10.3 Å². The molecule has 0 spiro atoms. The summed E-state index contributed by atoms with van der Waals surface area (Å²) in [5.74, 6) is 0.276. The molecule has 0 saturated carbocycles. The zero-order valence-corrected chi connectivity index (χ0v) is 11.9. The molecule has 0 saturated heterocycles. The Bertz CT molecular complexity index is 697. The summed E-state index contributed by atoms with van der Waals surface area (Å²) in [6.45, 7) is 0. The Labute approximate surface area is 127 Å². The number of hydrazone groups is 1. The van der Waals surface area contributed by atoms with Crippen molar-refractivity contribution in [2.75, 3.05) is 7.11 Å². The van der Waals surface area contributed by atoms with Gasteiger partial charge in [0.1, 0.15) is 11.5 Å². The van der Waals surface area contributed by atoms with E-state index in [1.54, 1.807) is 55.6 Å². The minimum absolute atomic E-state index is 0.297. The summed E-state index contributed by atoms with van der Waals surface area (Å²) in [4.78, 5) is 12.0. The first-order valence-electron chi connectivity index (χ1n) is 6.49. The van der Waals surface area contributed by atoms with Crippen LogP contribution in [-0.2, 0) is 0 Å². The van der Waals surface area contributed by atoms with Gasteiger partial charge in [-0.25, -0.2) is 5.43 Å². The molecule has 0 aliphatic carbocycles. The highest BCUT2D eigenvalue weighted by Gasteiger charge is 2.06. The second kappa shape index (κ2) is 7.58. The quantitative estimate of drug-likeness (QED) is 0.504. The van der Waals surface area contributed by atoms with Gasteiger partial charge < -0.3 is 9.94 Å². The van der Waals surface area contributed by atoms with Gasteiger partial charge in [0.15, 0.2) is 0 Å². The highest BCUT2D eigenvalue weighted by molar-refractivity contribution is 6.38. The molecule has 1 amide bonds. The molecule has 0 heterocycles. The van der Waals surface area contributed by atoms with Gasteiger partial charge in [0.05, 0.1) is 13.3 Å². The molecule has 6 heteroatoms. The SMILES string of the molecule is COc1cccc(C(C=NO)=NNC(=O)c2ccccc2)c1. The highest BCUT2D eigenvalue weighted by Crippen LogP contribution is 2.13. The number of hydrogen-bond donors (Lipinski definition) is 2. The number of hydrogen-bond acceptors (Lipinski definition) is 5. The topological polar surface area (TPSA) is 83.3 Å². The molecular formula is C16H15N3O3. The predicted molar refractivity (Wildman–Crippen MR) is 83.7 cm³/mol. The summed E-state index contributed by atoms with van der Waals surface area (Å²) in [6.07, 6.45) is 1.14. The maximum Gasteiger partial charge on any atom is 0.271 e. The number of methoxy groups -OCH3 is 1. The monoisotopic (exact) mass is 297 g/mol. The van der Waals surface area contributed by atoms with E-state index >= 15 is 0 Å². The van der Waals surface area contributed by atoms with Crippen LogP contribution in [0.4, 0.5) is 0 Å².